The Balaban J connectivity index is 1.50. The van der Waals surface area contributed by atoms with Crippen LogP contribution < -0.4 is 15.5 Å². The van der Waals surface area contributed by atoms with Crippen LogP contribution in [0.4, 0.5) is 0 Å². The summed E-state index contributed by atoms with van der Waals surface area (Å²) in [5.41, 5.74) is 4.65. The third-order valence-electron chi connectivity index (χ3n) is 4.05. The Hall–Kier alpha value is -3.45. The van der Waals surface area contributed by atoms with Crippen LogP contribution in [0.25, 0.3) is 0 Å². The van der Waals surface area contributed by atoms with E-state index in [-0.39, 0.29) is 12.5 Å². The minimum Gasteiger partial charge on any atom is -0.488 e. The minimum absolute atomic E-state index is 0.186. The lowest BCUT2D eigenvalue weighted by Crippen LogP contribution is -2.34. The van der Waals surface area contributed by atoms with Gasteiger partial charge in [-0.1, -0.05) is 64.5 Å². The van der Waals surface area contributed by atoms with Crippen LogP contribution in [0.5, 0.6) is 5.75 Å². The Morgan fingerprint density at radius 1 is 0.967 bits per heavy atom. The molecule has 3 aromatic carbocycles. The van der Waals surface area contributed by atoms with Gasteiger partial charge < -0.3 is 10.1 Å². The van der Waals surface area contributed by atoms with Gasteiger partial charge in [-0.25, -0.2) is 5.43 Å². The van der Waals surface area contributed by atoms with Crippen LogP contribution >= 0.6 is 15.9 Å². The second kappa shape index (κ2) is 10.9. The summed E-state index contributed by atoms with van der Waals surface area (Å²) in [6.45, 7) is 0.245. The molecule has 0 atom stereocenters. The average molecular weight is 466 g/mol. The van der Waals surface area contributed by atoms with Crippen molar-refractivity contribution in [2.24, 2.45) is 5.10 Å². The summed E-state index contributed by atoms with van der Waals surface area (Å²) < 4.78 is 6.64. The van der Waals surface area contributed by atoms with Gasteiger partial charge >= 0.3 is 0 Å². The van der Waals surface area contributed by atoms with Crippen molar-refractivity contribution in [2.75, 3.05) is 6.54 Å². The van der Waals surface area contributed by atoms with Crippen LogP contribution in [0.15, 0.2) is 88.4 Å². The highest BCUT2D eigenvalue weighted by Crippen LogP contribution is 2.17. The van der Waals surface area contributed by atoms with Crippen LogP contribution in [-0.2, 0) is 11.4 Å². The van der Waals surface area contributed by atoms with Gasteiger partial charge in [0.2, 0.25) is 0 Å². The van der Waals surface area contributed by atoms with Crippen molar-refractivity contribution in [3.63, 3.8) is 0 Å². The molecule has 0 aliphatic carbocycles. The molecule has 6 nitrogen and oxygen atoms in total. The quantitative estimate of drug-likeness (QED) is 0.390. The van der Waals surface area contributed by atoms with Crippen molar-refractivity contribution in [1.82, 2.24) is 10.7 Å². The zero-order valence-electron chi connectivity index (χ0n) is 16.0. The Bertz CT molecular complexity index is 1040. The maximum Gasteiger partial charge on any atom is 0.259 e. The molecule has 3 rings (SSSR count). The normalized spacial score (nSPS) is 10.6. The summed E-state index contributed by atoms with van der Waals surface area (Å²) in [6.07, 6.45) is 1.51. The SMILES string of the molecule is O=C(CNC(=O)c1cccc(Br)c1)N/N=C/c1ccccc1OCc1ccccc1. The molecule has 0 spiro atoms. The first kappa shape index (κ1) is 21.3. The number of amides is 2. The van der Waals surface area contributed by atoms with Gasteiger partial charge in [0.25, 0.3) is 11.8 Å². The molecule has 2 N–H and O–H groups in total. The van der Waals surface area contributed by atoms with Gasteiger partial charge in [0.05, 0.1) is 12.8 Å². The molecule has 0 radical (unpaired) electrons. The molecule has 0 aliphatic heterocycles. The smallest absolute Gasteiger partial charge is 0.259 e. The minimum atomic E-state index is -0.433. The Morgan fingerprint density at radius 2 is 1.73 bits per heavy atom. The highest BCUT2D eigenvalue weighted by Gasteiger charge is 2.08. The van der Waals surface area contributed by atoms with Gasteiger partial charge in [0.1, 0.15) is 12.4 Å². The molecule has 0 aliphatic rings. The summed E-state index contributed by atoms with van der Waals surface area (Å²) in [7, 11) is 0. The molecular weight excluding hydrogens is 446 g/mol. The number of halogens is 1. The standard InChI is InChI=1S/C23H20BrN3O3/c24-20-11-6-10-18(13-20)23(29)25-15-22(28)27-26-14-19-9-4-5-12-21(19)30-16-17-7-2-1-3-8-17/h1-14H,15-16H2,(H,25,29)(H,27,28)/b26-14+. The molecule has 0 saturated carbocycles. The fourth-order valence-corrected chi connectivity index (χ4v) is 2.96. The maximum atomic E-state index is 12.1. The predicted molar refractivity (Wildman–Crippen MR) is 119 cm³/mol. The molecule has 3 aromatic rings. The number of para-hydroxylation sites is 1. The van der Waals surface area contributed by atoms with E-state index in [1.165, 1.54) is 6.21 Å². The van der Waals surface area contributed by atoms with Gasteiger partial charge in [-0.3, -0.25) is 9.59 Å². The highest BCUT2D eigenvalue weighted by molar-refractivity contribution is 9.10. The lowest BCUT2D eigenvalue weighted by molar-refractivity contribution is -0.120. The fourth-order valence-electron chi connectivity index (χ4n) is 2.56. The van der Waals surface area contributed by atoms with Gasteiger partial charge in [-0.05, 0) is 35.9 Å². The van der Waals surface area contributed by atoms with Crippen molar-refractivity contribution in [2.45, 2.75) is 6.61 Å². The van der Waals surface area contributed by atoms with E-state index < -0.39 is 5.91 Å². The first-order chi connectivity index (χ1) is 14.6. The summed E-state index contributed by atoms with van der Waals surface area (Å²) >= 11 is 3.31. The van der Waals surface area contributed by atoms with Gasteiger partial charge in [-0.15, -0.1) is 0 Å². The second-order valence-corrected chi connectivity index (χ2v) is 7.21. The van der Waals surface area contributed by atoms with Crippen molar-refractivity contribution >= 4 is 34.0 Å². The largest absolute Gasteiger partial charge is 0.488 e. The van der Waals surface area contributed by atoms with E-state index in [0.29, 0.717) is 17.9 Å². The summed E-state index contributed by atoms with van der Waals surface area (Å²) in [4.78, 5) is 24.0. The molecular formula is C23H20BrN3O3. The van der Waals surface area contributed by atoms with Crippen LogP contribution in [0.1, 0.15) is 21.5 Å². The number of carbonyl (C=O) groups excluding carboxylic acids is 2. The van der Waals surface area contributed by atoms with Crippen LogP contribution in [0, 0.1) is 0 Å². The Kier molecular flexibility index (Phi) is 7.74. The summed E-state index contributed by atoms with van der Waals surface area (Å²) in [5.74, 6) is -0.116. The lowest BCUT2D eigenvalue weighted by Gasteiger charge is -2.09. The maximum absolute atomic E-state index is 12.1. The van der Waals surface area contributed by atoms with E-state index in [1.807, 2.05) is 60.7 Å². The number of hydrazone groups is 1. The highest BCUT2D eigenvalue weighted by atomic mass is 79.9. The van der Waals surface area contributed by atoms with Gasteiger partial charge in [0.15, 0.2) is 0 Å². The van der Waals surface area contributed by atoms with E-state index in [2.05, 4.69) is 31.8 Å². The number of ether oxygens (including phenoxy) is 1. The van der Waals surface area contributed by atoms with Crippen LogP contribution in [-0.4, -0.2) is 24.6 Å². The molecule has 0 fully saturated rings. The topological polar surface area (TPSA) is 79.8 Å². The monoisotopic (exact) mass is 465 g/mol. The van der Waals surface area contributed by atoms with Crippen molar-refractivity contribution < 1.29 is 14.3 Å². The van der Waals surface area contributed by atoms with Crippen molar-refractivity contribution in [3.05, 3.63) is 100 Å². The van der Waals surface area contributed by atoms with E-state index in [4.69, 9.17) is 4.74 Å². The van der Waals surface area contributed by atoms with Crippen LogP contribution in [0.3, 0.4) is 0 Å². The molecule has 0 bridgehead atoms. The zero-order chi connectivity index (χ0) is 21.2. The molecule has 7 heteroatoms. The molecule has 0 unspecified atom stereocenters. The third kappa shape index (κ3) is 6.56. The van der Waals surface area contributed by atoms with Crippen LogP contribution in [0.2, 0.25) is 0 Å². The molecule has 152 valence electrons. The van der Waals surface area contributed by atoms with Gasteiger partial charge in [0, 0.05) is 15.6 Å². The summed E-state index contributed by atoms with van der Waals surface area (Å²) in [6, 6.07) is 24.2. The number of nitrogens with one attached hydrogen (secondary N) is 2. The fraction of sp³-hybridized carbons (Fsp3) is 0.0870. The molecule has 30 heavy (non-hydrogen) atoms. The number of hydrogen-bond acceptors (Lipinski definition) is 4. The molecule has 0 saturated heterocycles. The van der Waals surface area contributed by atoms with E-state index in [9.17, 15) is 9.59 Å². The second-order valence-electron chi connectivity index (χ2n) is 6.30. The Labute approximate surface area is 183 Å². The number of nitrogens with zero attached hydrogens (tertiary/aromatic N) is 1. The van der Waals surface area contributed by atoms with E-state index >= 15 is 0 Å². The number of benzene rings is 3. The number of hydrogen-bond donors (Lipinski definition) is 2. The molecule has 2 amide bonds. The van der Waals surface area contributed by atoms with E-state index in [1.54, 1.807) is 18.2 Å². The number of carbonyl (C=O) groups is 2. The predicted octanol–water partition coefficient (Wildman–Crippen LogP) is 3.91. The lowest BCUT2D eigenvalue weighted by atomic mass is 10.2. The first-order valence-electron chi connectivity index (χ1n) is 9.23. The Morgan fingerprint density at radius 3 is 2.53 bits per heavy atom. The molecule has 0 aromatic heterocycles. The van der Waals surface area contributed by atoms with Crippen molar-refractivity contribution in [3.8, 4) is 5.75 Å². The number of rotatable bonds is 8. The zero-order valence-corrected chi connectivity index (χ0v) is 17.6. The first-order valence-corrected chi connectivity index (χ1v) is 10.0. The summed E-state index contributed by atoms with van der Waals surface area (Å²) in [5, 5.41) is 6.51. The third-order valence-corrected chi connectivity index (χ3v) is 4.54. The van der Waals surface area contributed by atoms with E-state index in [0.717, 1.165) is 15.6 Å². The van der Waals surface area contributed by atoms with Crippen molar-refractivity contribution in [1.29, 1.82) is 0 Å². The van der Waals surface area contributed by atoms with Gasteiger partial charge in [-0.2, -0.15) is 5.10 Å². The average Bonchev–Trinajstić information content (AvgIpc) is 2.77. The molecule has 0 heterocycles.